The number of carbonyl (C=O) groups is 2. The molecule has 1 fully saturated rings. The minimum Gasteiger partial charge on any atom is -0.494 e. The lowest BCUT2D eigenvalue weighted by atomic mass is 10.2. The number of carbonyl (C=O) groups excluding carboxylic acids is 2. The fourth-order valence-electron chi connectivity index (χ4n) is 2.33. The van der Waals surface area contributed by atoms with Crippen LogP contribution in [0, 0.1) is 12.8 Å². The molecule has 0 spiro atoms. The Morgan fingerprint density at radius 3 is 2.54 bits per heavy atom. The highest BCUT2D eigenvalue weighted by Crippen LogP contribution is 2.33. The number of anilines is 2. The molecule has 5 nitrogen and oxygen atoms in total. The first-order valence-corrected chi connectivity index (χ1v) is 8.84. The second kappa shape index (κ2) is 7.05. The van der Waals surface area contributed by atoms with Crippen molar-refractivity contribution in [2.45, 2.75) is 26.7 Å². The van der Waals surface area contributed by atoms with Crippen molar-refractivity contribution in [1.29, 1.82) is 0 Å². The second-order valence-electron chi connectivity index (χ2n) is 5.80. The predicted octanol–water partition coefficient (Wildman–Crippen LogP) is 4.06. The van der Waals surface area contributed by atoms with Crippen LogP contribution in [0.1, 0.15) is 35.0 Å². The summed E-state index contributed by atoms with van der Waals surface area (Å²) in [5.74, 6) is 0.796. The fourth-order valence-corrected chi connectivity index (χ4v) is 3.30. The van der Waals surface area contributed by atoms with Crippen LogP contribution in [-0.4, -0.2) is 18.4 Å². The summed E-state index contributed by atoms with van der Waals surface area (Å²) in [6, 6.07) is 9.10. The lowest BCUT2D eigenvalue weighted by molar-refractivity contribution is -0.117. The van der Waals surface area contributed by atoms with E-state index < -0.39 is 0 Å². The number of amides is 2. The largest absolute Gasteiger partial charge is 0.494 e. The minimum atomic E-state index is -0.173. The molecule has 2 aromatic rings. The van der Waals surface area contributed by atoms with Crippen LogP contribution in [0.2, 0.25) is 0 Å². The van der Waals surface area contributed by atoms with Gasteiger partial charge in [-0.25, -0.2) is 0 Å². The molecule has 0 radical (unpaired) electrons. The molecule has 1 aliphatic rings. The predicted molar refractivity (Wildman–Crippen MR) is 96.0 cm³/mol. The van der Waals surface area contributed by atoms with E-state index in [0.29, 0.717) is 17.2 Å². The molecule has 1 aromatic carbocycles. The van der Waals surface area contributed by atoms with Gasteiger partial charge >= 0.3 is 0 Å². The number of ether oxygens (including phenoxy) is 1. The van der Waals surface area contributed by atoms with Crippen molar-refractivity contribution in [1.82, 2.24) is 0 Å². The maximum Gasteiger partial charge on any atom is 0.266 e. The molecule has 0 unspecified atom stereocenters. The Labute approximate surface area is 145 Å². The number of aryl methyl sites for hydroxylation is 1. The normalized spacial score (nSPS) is 13.4. The topological polar surface area (TPSA) is 67.4 Å². The Morgan fingerprint density at radius 1 is 1.21 bits per heavy atom. The molecule has 0 saturated heterocycles. The Hall–Kier alpha value is -2.34. The van der Waals surface area contributed by atoms with E-state index >= 15 is 0 Å². The molecule has 0 aliphatic heterocycles. The van der Waals surface area contributed by atoms with Crippen LogP contribution in [0.3, 0.4) is 0 Å². The van der Waals surface area contributed by atoms with Crippen molar-refractivity contribution in [2.24, 2.45) is 5.92 Å². The monoisotopic (exact) mass is 344 g/mol. The maximum absolute atomic E-state index is 12.4. The highest BCUT2D eigenvalue weighted by atomic mass is 32.1. The lowest BCUT2D eigenvalue weighted by Crippen LogP contribution is -2.12. The van der Waals surface area contributed by atoms with Gasteiger partial charge in [-0.1, -0.05) is 0 Å². The number of nitrogens with one attached hydrogen (secondary N) is 2. The second-order valence-corrected chi connectivity index (χ2v) is 6.85. The quantitative estimate of drug-likeness (QED) is 0.830. The Morgan fingerprint density at radius 2 is 1.92 bits per heavy atom. The van der Waals surface area contributed by atoms with E-state index in [2.05, 4.69) is 10.6 Å². The van der Waals surface area contributed by atoms with Gasteiger partial charge in [-0.05, 0) is 62.6 Å². The molecule has 24 heavy (non-hydrogen) atoms. The van der Waals surface area contributed by atoms with Gasteiger partial charge in [-0.3, -0.25) is 9.59 Å². The highest BCUT2D eigenvalue weighted by Gasteiger charge is 2.30. The molecule has 0 atom stereocenters. The molecule has 1 aliphatic carbocycles. The molecule has 1 saturated carbocycles. The summed E-state index contributed by atoms with van der Waals surface area (Å²) in [4.78, 5) is 24.9. The van der Waals surface area contributed by atoms with E-state index in [-0.39, 0.29) is 17.7 Å². The molecule has 0 bridgehead atoms. The van der Waals surface area contributed by atoms with Crippen LogP contribution in [0.4, 0.5) is 10.7 Å². The summed E-state index contributed by atoms with van der Waals surface area (Å²) in [7, 11) is 0. The summed E-state index contributed by atoms with van der Waals surface area (Å²) in [5.41, 5.74) is 1.56. The van der Waals surface area contributed by atoms with E-state index in [1.165, 1.54) is 11.3 Å². The maximum atomic E-state index is 12.4. The van der Waals surface area contributed by atoms with E-state index in [9.17, 15) is 9.59 Å². The van der Waals surface area contributed by atoms with Gasteiger partial charge in [0, 0.05) is 11.6 Å². The van der Waals surface area contributed by atoms with E-state index in [1.54, 1.807) is 0 Å². The number of hydrogen-bond donors (Lipinski definition) is 2. The zero-order valence-corrected chi connectivity index (χ0v) is 14.5. The van der Waals surface area contributed by atoms with Gasteiger partial charge in [0.1, 0.15) is 5.75 Å². The molecule has 126 valence electrons. The van der Waals surface area contributed by atoms with Crippen LogP contribution in [0.15, 0.2) is 30.3 Å². The van der Waals surface area contributed by atoms with E-state index in [0.717, 1.165) is 29.2 Å². The van der Waals surface area contributed by atoms with Gasteiger partial charge in [-0.15, -0.1) is 11.3 Å². The molecule has 1 heterocycles. The summed E-state index contributed by atoms with van der Waals surface area (Å²) < 4.78 is 5.38. The van der Waals surface area contributed by atoms with Gasteiger partial charge in [0.2, 0.25) is 5.91 Å². The Balaban J connectivity index is 1.65. The van der Waals surface area contributed by atoms with Crippen molar-refractivity contribution >= 4 is 33.8 Å². The van der Waals surface area contributed by atoms with Crippen LogP contribution in [-0.2, 0) is 4.79 Å². The van der Waals surface area contributed by atoms with Crippen molar-refractivity contribution in [3.63, 3.8) is 0 Å². The third-order valence-corrected chi connectivity index (χ3v) is 4.89. The van der Waals surface area contributed by atoms with Crippen molar-refractivity contribution in [3.05, 3.63) is 40.8 Å². The molecule has 2 N–H and O–H groups in total. The van der Waals surface area contributed by atoms with Gasteiger partial charge in [-0.2, -0.15) is 0 Å². The number of benzene rings is 1. The fraction of sp³-hybridized carbons (Fsp3) is 0.333. The molecule has 2 amide bonds. The average molecular weight is 344 g/mol. The SMILES string of the molecule is CCOc1ccc(NC(=O)c2sc(NC(=O)C3CC3)cc2C)cc1. The average Bonchev–Trinajstić information content (AvgIpc) is 3.34. The number of rotatable bonds is 6. The van der Waals surface area contributed by atoms with Crippen LogP contribution in [0.25, 0.3) is 0 Å². The first-order valence-electron chi connectivity index (χ1n) is 8.02. The summed E-state index contributed by atoms with van der Waals surface area (Å²) >= 11 is 1.30. The zero-order chi connectivity index (χ0) is 17.1. The molecular formula is C18H20N2O3S. The van der Waals surface area contributed by atoms with Gasteiger partial charge in [0.25, 0.3) is 5.91 Å². The number of thiophene rings is 1. The van der Waals surface area contributed by atoms with Crippen LogP contribution < -0.4 is 15.4 Å². The summed E-state index contributed by atoms with van der Waals surface area (Å²) in [5, 5.41) is 6.49. The smallest absolute Gasteiger partial charge is 0.266 e. The molecular weight excluding hydrogens is 324 g/mol. The third kappa shape index (κ3) is 3.94. The summed E-state index contributed by atoms with van der Waals surface area (Å²) in [6.45, 7) is 4.40. The van der Waals surface area contributed by atoms with Gasteiger partial charge in [0.15, 0.2) is 0 Å². The Bertz CT molecular complexity index is 748. The van der Waals surface area contributed by atoms with E-state index in [4.69, 9.17) is 4.74 Å². The zero-order valence-electron chi connectivity index (χ0n) is 13.7. The third-order valence-electron chi connectivity index (χ3n) is 3.74. The number of hydrogen-bond acceptors (Lipinski definition) is 4. The molecule has 3 rings (SSSR count). The van der Waals surface area contributed by atoms with Gasteiger partial charge in [0.05, 0.1) is 16.5 Å². The van der Waals surface area contributed by atoms with Crippen molar-refractivity contribution in [2.75, 3.05) is 17.2 Å². The highest BCUT2D eigenvalue weighted by molar-refractivity contribution is 7.18. The molecule has 6 heteroatoms. The van der Waals surface area contributed by atoms with Crippen molar-refractivity contribution < 1.29 is 14.3 Å². The van der Waals surface area contributed by atoms with Crippen LogP contribution >= 0.6 is 11.3 Å². The lowest BCUT2D eigenvalue weighted by Gasteiger charge is -2.06. The standard InChI is InChI=1S/C18H20N2O3S/c1-3-23-14-8-6-13(7-9-14)19-18(22)16-11(2)10-15(24-16)20-17(21)12-4-5-12/h6-10,12H,3-5H2,1-2H3,(H,19,22)(H,20,21). The summed E-state index contributed by atoms with van der Waals surface area (Å²) in [6.07, 6.45) is 1.92. The first kappa shape index (κ1) is 16.5. The Kier molecular flexibility index (Phi) is 4.85. The minimum absolute atomic E-state index is 0.0507. The molecule has 1 aromatic heterocycles. The van der Waals surface area contributed by atoms with E-state index in [1.807, 2.05) is 44.2 Å². The van der Waals surface area contributed by atoms with Gasteiger partial charge < -0.3 is 15.4 Å². The van der Waals surface area contributed by atoms with Crippen molar-refractivity contribution in [3.8, 4) is 5.75 Å². The first-order chi connectivity index (χ1) is 11.6. The van der Waals surface area contributed by atoms with Crippen LogP contribution in [0.5, 0.6) is 5.75 Å².